The van der Waals surface area contributed by atoms with Crippen molar-refractivity contribution in [2.24, 2.45) is 4.40 Å². The molecule has 100 valence electrons. The number of allylic oxidation sites excluding steroid dienone is 2. The number of alkyl halides is 2. The molecule has 7 heteroatoms. The van der Waals surface area contributed by atoms with Gasteiger partial charge in [-0.3, -0.25) is 4.79 Å². The monoisotopic (exact) mass is 405 g/mol. The van der Waals surface area contributed by atoms with E-state index in [2.05, 4.69) is 36.3 Å². The third kappa shape index (κ3) is 3.21. The van der Waals surface area contributed by atoms with Crippen LogP contribution in [0.5, 0.6) is 0 Å². The number of sulfonamides is 1. The molecule has 1 aromatic rings. The van der Waals surface area contributed by atoms with Crippen molar-refractivity contribution in [3.05, 3.63) is 42.5 Å². The molecule has 0 fully saturated rings. The molecular weight excluding hydrogens is 398 g/mol. The number of rotatable bonds is 2. The molecule has 1 aliphatic carbocycles. The fourth-order valence-electron chi connectivity index (χ4n) is 1.51. The number of halogens is 2. The molecule has 1 aliphatic rings. The van der Waals surface area contributed by atoms with Crippen LogP contribution >= 0.6 is 31.9 Å². The van der Waals surface area contributed by atoms with E-state index in [0.717, 1.165) is 0 Å². The van der Waals surface area contributed by atoms with E-state index in [1.807, 2.05) is 0 Å². The van der Waals surface area contributed by atoms with E-state index in [9.17, 15) is 13.2 Å². The summed E-state index contributed by atoms with van der Waals surface area (Å²) in [6.07, 6.45) is 2.73. The molecule has 0 N–H and O–H groups in total. The van der Waals surface area contributed by atoms with Gasteiger partial charge in [-0.15, -0.1) is 0 Å². The van der Waals surface area contributed by atoms with Gasteiger partial charge in [-0.25, -0.2) is 0 Å². The van der Waals surface area contributed by atoms with Crippen LogP contribution in [-0.4, -0.2) is 29.6 Å². The van der Waals surface area contributed by atoms with E-state index in [4.69, 9.17) is 0 Å². The fourth-order valence-corrected chi connectivity index (χ4v) is 3.64. The Labute approximate surface area is 127 Å². The summed E-state index contributed by atoms with van der Waals surface area (Å²) in [6, 6.07) is 7.95. The minimum Gasteiger partial charge on any atom is -0.294 e. The topological polar surface area (TPSA) is 63.6 Å². The van der Waals surface area contributed by atoms with Crippen LogP contribution in [0, 0.1) is 0 Å². The lowest BCUT2D eigenvalue weighted by Crippen LogP contribution is -2.33. The van der Waals surface area contributed by atoms with Crippen molar-refractivity contribution in [3.63, 3.8) is 0 Å². The first-order chi connectivity index (χ1) is 8.92. The maximum absolute atomic E-state index is 12.1. The molecular formula is C12H9Br2NO3S. The van der Waals surface area contributed by atoms with Gasteiger partial charge in [0, 0.05) is 0 Å². The van der Waals surface area contributed by atoms with Crippen molar-refractivity contribution in [1.82, 2.24) is 0 Å². The molecule has 0 amide bonds. The zero-order chi connectivity index (χ0) is 14.0. The number of benzene rings is 1. The van der Waals surface area contributed by atoms with Gasteiger partial charge in [-0.05, 0) is 24.3 Å². The average molecular weight is 407 g/mol. The lowest BCUT2D eigenvalue weighted by Gasteiger charge is -2.18. The highest BCUT2D eigenvalue weighted by Gasteiger charge is 2.30. The van der Waals surface area contributed by atoms with Crippen molar-refractivity contribution in [2.75, 3.05) is 0 Å². The van der Waals surface area contributed by atoms with Gasteiger partial charge >= 0.3 is 0 Å². The van der Waals surface area contributed by atoms with Gasteiger partial charge in [0.1, 0.15) is 0 Å². The molecule has 0 spiro atoms. The van der Waals surface area contributed by atoms with E-state index in [1.54, 1.807) is 18.2 Å². The van der Waals surface area contributed by atoms with E-state index >= 15 is 0 Å². The van der Waals surface area contributed by atoms with Gasteiger partial charge in [0.2, 0.25) is 0 Å². The standard InChI is InChI=1S/C12H9Br2NO3S/c13-11-9(6-7-10(16)12(11)14)15-19(17,18)8-4-2-1-3-5-8/h1-7,11-12H. The van der Waals surface area contributed by atoms with Gasteiger partial charge in [-0.2, -0.15) is 12.8 Å². The van der Waals surface area contributed by atoms with Crippen LogP contribution < -0.4 is 0 Å². The number of carbonyl (C=O) groups excluding carboxylic acids is 1. The fraction of sp³-hybridized carbons (Fsp3) is 0.167. The Kier molecular flexibility index (Phi) is 4.37. The first kappa shape index (κ1) is 14.6. The SMILES string of the molecule is O=C1C=CC(=NS(=O)(=O)c2ccccc2)C(Br)C1Br. The minimum atomic E-state index is -3.76. The van der Waals surface area contributed by atoms with Crippen molar-refractivity contribution in [1.29, 1.82) is 0 Å². The Hall–Kier alpha value is -0.790. The first-order valence-corrected chi connectivity index (χ1v) is 8.59. The summed E-state index contributed by atoms with van der Waals surface area (Å²) in [4.78, 5) is 10.6. The van der Waals surface area contributed by atoms with Crippen molar-refractivity contribution in [2.45, 2.75) is 14.5 Å². The van der Waals surface area contributed by atoms with Crippen LogP contribution in [0.3, 0.4) is 0 Å². The number of carbonyl (C=O) groups is 1. The summed E-state index contributed by atoms with van der Waals surface area (Å²) >= 11 is 6.47. The Morgan fingerprint density at radius 2 is 1.63 bits per heavy atom. The number of hydrogen-bond donors (Lipinski definition) is 0. The minimum absolute atomic E-state index is 0.124. The molecule has 0 aromatic heterocycles. The summed E-state index contributed by atoms with van der Waals surface area (Å²) in [7, 11) is -3.76. The van der Waals surface area contributed by atoms with Crippen LogP contribution in [0.2, 0.25) is 0 Å². The van der Waals surface area contributed by atoms with Crippen LogP contribution in [-0.2, 0) is 14.8 Å². The second-order valence-electron chi connectivity index (χ2n) is 3.84. The number of ketones is 1. The molecule has 0 radical (unpaired) electrons. The Morgan fingerprint density at radius 1 is 1.00 bits per heavy atom. The van der Waals surface area contributed by atoms with Gasteiger partial charge in [0.05, 0.1) is 20.3 Å². The molecule has 0 saturated heterocycles. The first-order valence-electron chi connectivity index (χ1n) is 5.32. The predicted octanol–water partition coefficient (Wildman–Crippen LogP) is 2.48. The highest BCUT2D eigenvalue weighted by Crippen LogP contribution is 2.24. The Balaban J connectivity index is 2.42. The molecule has 2 unspecified atom stereocenters. The highest BCUT2D eigenvalue weighted by molar-refractivity contribution is 9.12. The lowest BCUT2D eigenvalue weighted by molar-refractivity contribution is -0.113. The summed E-state index contributed by atoms with van der Waals surface area (Å²) in [5, 5.41) is 0. The van der Waals surface area contributed by atoms with E-state index in [-0.39, 0.29) is 10.7 Å². The van der Waals surface area contributed by atoms with Crippen LogP contribution in [0.1, 0.15) is 0 Å². The zero-order valence-corrected chi connectivity index (χ0v) is 13.5. The Bertz CT molecular complexity index is 653. The maximum atomic E-state index is 12.1. The van der Waals surface area contributed by atoms with Crippen LogP contribution in [0.15, 0.2) is 51.8 Å². The largest absolute Gasteiger partial charge is 0.294 e. The summed E-state index contributed by atoms with van der Waals surface area (Å²) < 4.78 is 28.0. The molecule has 4 nitrogen and oxygen atoms in total. The molecule has 0 heterocycles. The third-order valence-corrected chi connectivity index (χ3v) is 6.50. The number of hydrogen-bond acceptors (Lipinski definition) is 3. The zero-order valence-electron chi connectivity index (χ0n) is 9.53. The molecule has 19 heavy (non-hydrogen) atoms. The second-order valence-corrected chi connectivity index (χ2v) is 7.42. The van der Waals surface area contributed by atoms with Gasteiger partial charge in [-0.1, -0.05) is 50.1 Å². The molecule has 0 saturated carbocycles. The molecule has 2 rings (SSSR count). The van der Waals surface area contributed by atoms with E-state index in [0.29, 0.717) is 5.71 Å². The van der Waals surface area contributed by atoms with Gasteiger partial charge in [0.15, 0.2) is 5.78 Å². The van der Waals surface area contributed by atoms with E-state index in [1.165, 1.54) is 24.3 Å². The van der Waals surface area contributed by atoms with Gasteiger partial charge in [0.25, 0.3) is 10.0 Å². The summed E-state index contributed by atoms with van der Waals surface area (Å²) in [6.45, 7) is 0. The van der Waals surface area contributed by atoms with Crippen molar-refractivity contribution < 1.29 is 13.2 Å². The molecule has 2 atom stereocenters. The maximum Gasteiger partial charge on any atom is 0.282 e. The number of nitrogens with zero attached hydrogens (tertiary/aromatic N) is 1. The lowest BCUT2D eigenvalue weighted by atomic mass is 10.1. The summed E-state index contributed by atoms with van der Waals surface area (Å²) in [5.41, 5.74) is 0.297. The smallest absolute Gasteiger partial charge is 0.282 e. The third-order valence-electron chi connectivity index (χ3n) is 2.50. The van der Waals surface area contributed by atoms with Crippen molar-refractivity contribution in [3.8, 4) is 0 Å². The second kappa shape index (κ2) is 5.68. The average Bonchev–Trinajstić information content (AvgIpc) is 2.40. The van der Waals surface area contributed by atoms with Crippen molar-refractivity contribution >= 4 is 53.4 Å². The molecule has 0 bridgehead atoms. The predicted molar refractivity (Wildman–Crippen MR) is 80.6 cm³/mol. The highest BCUT2D eigenvalue weighted by atomic mass is 79.9. The Morgan fingerprint density at radius 3 is 2.26 bits per heavy atom. The van der Waals surface area contributed by atoms with E-state index < -0.39 is 19.7 Å². The van der Waals surface area contributed by atoms with Crippen LogP contribution in [0.25, 0.3) is 0 Å². The molecule has 1 aromatic carbocycles. The normalized spacial score (nSPS) is 25.8. The van der Waals surface area contributed by atoms with Gasteiger partial charge < -0.3 is 0 Å². The molecule has 0 aliphatic heterocycles. The van der Waals surface area contributed by atoms with Crippen LogP contribution in [0.4, 0.5) is 0 Å². The summed E-state index contributed by atoms with van der Waals surface area (Å²) in [5.74, 6) is -0.127. The quantitative estimate of drug-likeness (QED) is 0.708.